The van der Waals surface area contributed by atoms with E-state index in [0.29, 0.717) is 41.7 Å². The predicted octanol–water partition coefficient (Wildman–Crippen LogP) is 4.39. The largest absolute Gasteiger partial charge is 0.490 e. The Hall–Kier alpha value is -3.48. The third kappa shape index (κ3) is 4.66. The van der Waals surface area contributed by atoms with Gasteiger partial charge in [-0.15, -0.1) is 0 Å². The SMILES string of the molecule is CCOc1ccc(C(=O)NCc2cc(-c3ccc4c(c3)CC(C)O4)on2)cc1OCC. The van der Waals surface area contributed by atoms with Crippen LogP contribution in [-0.2, 0) is 13.0 Å². The minimum atomic E-state index is -0.225. The summed E-state index contributed by atoms with van der Waals surface area (Å²) in [5.41, 5.74) is 3.24. The Morgan fingerprint density at radius 1 is 1.10 bits per heavy atom. The third-order valence-corrected chi connectivity index (χ3v) is 4.98. The van der Waals surface area contributed by atoms with E-state index in [1.54, 1.807) is 18.2 Å². The number of hydrogen-bond acceptors (Lipinski definition) is 6. The van der Waals surface area contributed by atoms with Crippen molar-refractivity contribution in [1.29, 1.82) is 0 Å². The highest BCUT2D eigenvalue weighted by Gasteiger charge is 2.20. The normalized spacial score (nSPS) is 14.6. The Bertz CT molecular complexity index is 1080. The number of hydrogen-bond donors (Lipinski definition) is 1. The van der Waals surface area contributed by atoms with Gasteiger partial charge in [0.15, 0.2) is 17.3 Å². The maximum Gasteiger partial charge on any atom is 0.251 e. The van der Waals surface area contributed by atoms with Crippen molar-refractivity contribution in [3.63, 3.8) is 0 Å². The van der Waals surface area contributed by atoms with Crippen LogP contribution in [0.5, 0.6) is 17.2 Å². The zero-order valence-corrected chi connectivity index (χ0v) is 17.9. The minimum Gasteiger partial charge on any atom is -0.490 e. The Kier molecular flexibility index (Phi) is 6.11. The van der Waals surface area contributed by atoms with Crippen LogP contribution < -0.4 is 19.5 Å². The number of nitrogens with one attached hydrogen (secondary N) is 1. The quantitative estimate of drug-likeness (QED) is 0.580. The van der Waals surface area contributed by atoms with Gasteiger partial charge in [-0.25, -0.2) is 0 Å². The smallest absolute Gasteiger partial charge is 0.251 e. The van der Waals surface area contributed by atoms with Crippen LogP contribution in [0.3, 0.4) is 0 Å². The van der Waals surface area contributed by atoms with Gasteiger partial charge in [0.25, 0.3) is 5.91 Å². The molecule has 0 saturated heterocycles. The summed E-state index contributed by atoms with van der Waals surface area (Å²) in [6.45, 7) is 7.11. The number of amides is 1. The molecule has 0 aliphatic carbocycles. The number of fused-ring (bicyclic) bond motifs is 1. The number of ether oxygens (including phenoxy) is 3. The van der Waals surface area contributed by atoms with Gasteiger partial charge in [0.1, 0.15) is 17.5 Å². The molecule has 1 amide bonds. The van der Waals surface area contributed by atoms with Crippen LogP contribution in [-0.4, -0.2) is 30.4 Å². The molecule has 2 heterocycles. The second-order valence-electron chi connectivity index (χ2n) is 7.35. The Morgan fingerprint density at radius 2 is 1.90 bits per heavy atom. The topological polar surface area (TPSA) is 82.8 Å². The summed E-state index contributed by atoms with van der Waals surface area (Å²) >= 11 is 0. The van der Waals surface area contributed by atoms with Crippen LogP contribution >= 0.6 is 0 Å². The number of benzene rings is 2. The van der Waals surface area contributed by atoms with E-state index in [1.165, 1.54) is 0 Å². The molecule has 0 saturated carbocycles. The number of carbonyl (C=O) groups excluding carboxylic acids is 1. The Labute approximate surface area is 181 Å². The number of nitrogens with zero attached hydrogens (tertiary/aromatic N) is 1. The first-order chi connectivity index (χ1) is 15.1. The second-order valence-corrected chi connectivity index (χ2v) is 7.35. The Balaban J connectivity index is 1.41. The maximum absolute atomic E-state index is 12.6. The van der Waals surface area contributed by atoms with Gasteiger partial charge >= 0.3 is 0 Å². The monoisotopic (exact) mass is 422 g/mol. The van der Waals surface area contributed by atoms with Gasteiger partial charge in [0, 0.05) is 23.6 Å². The minimum absolute atomic E-state index is 0.191. The van der Waals surface area contributed by atoms with Gasteiger partial charge in [0.05, 0.1) is 19.8 Å². The molecule has 3 aromatic rings. The van der Waals surface area contributed by atoms with Crippen molar-refractivity contribution in [3.8, 4) is 28.6 Å². The summed E-state index contributed by atoms with van der Waals surface area (Å²) in [5, 5.41) is 6.96. The van der Waals surface area contributed by atoms with Crippen LogP contribution in [0.1, 0.15) is 42.4 Å². The molecule has 1 unspecified atom stereocenters. The van der Waals surface area contributed by atoms with E-state index in [-0.39, 0.29) is 18.6 Å². The lowest BCUT2D eigenvalue weighted by molar-refractivity contribution is 0.0949. The molecule has 0 spiro atoms. The van der Waals surface area contributed by atoms with Crippen LogP contribution in [0.15, 0.2) is 47.0 Å². The molecule has 0 radical (unpaired) electrons. The van der Waals surface area contributed by atoms with E-state index in [9.17, 15) is 4.79 Å². The van der Waals surface area contributed by atoms with Crippen molar-refractivity contribution in [2.24, 2.45) is 0 Å². The summed E-state index contributed by atoms with van der Waals surface area (Å²) in [4.78, 5) is 12.6. The number of rotatable bonds is 8. The summed E-state index contributed by atoms with van der Waals surface area (Å²) in [7, 11) is 0. The number of aromatic nitrogens is 1. The summed E-state index contributed by atoms with van der Waals surface area (Å²) in [6, 6.07) is 13.0. The first kappa shape index (κ1) is 20.8. The molecule has 31 heavy (non-hydrogen) atoms. The zero-order chi connectivity index (χ0) is 21.8. The van der Waals surface area contributed by atoms with Crippen molar-refractivity contribution in [3.05, 3.63) is 59.3 Å². The van der Waals surface area contributed by atoms with Crippen molar-refractivity contribution in [1.82, 2.24) is 10.5 Å². The van der Waals surface area contributed by atoms with Gasteiger partial charge in [-0.3, -0.25) is 4.79 Å². The molecule has 1 aromatic heterocycles. The van der Waals surface area contributed by atoms with E-state index >= 15 is 0 Å². The summed E-state index contributed by atoms with van der Waals surface area (Å²) in [5.74, 6) is 2.53. The first-order valence-corrected chi connectivity index (χ1v) is 10.5. The highest BCUT2D eigenvalue weighted by atomic mass is 16.5. The van der Waals surface area contributed by atoms with Crippen molar-refractivity contribution in [2.75, 3.05) is 13.2 Å². The predicted molar refractivity (Wildman–Crippen MR) is 116 cm³/mol. The van der Waals surface area contributed by atoms with Crippen LogP contribution in [0.25, 0.3) is 11.3 Å². The van der Waals surface area contributed by atoms with Gasteiger partial charge in [-0.05, 0) is 62.7 Å². The van der Waals surface area contributed by atoms with E-state index in [1.807, 2.05) is 32.0 Å². The standard InChI is InChI=1S/C24H26N2O5/c1-4-28-21-9-7-17(12-23(21)29-5-2)24(27)25-14-19-13-22(31-26-19)16-6-8-20-18(11-16)10-15(3)30-20/h6-9,11-13,15H,4-5,10,14H2,1-3H3,(H,25,27). The van der Waals surface area contributed by atoms with E-state index < -0.39 is 0 Å². The van der Waals surface area contributed by atoms with Crippen molar-refractivity contribution < 1.29 is 23.5 Å². The average Bonchev–Trinajstić information content (AvgIpc) is 3.38. The zero-order valence-electron chi connectivity index (χ0n) is 17.9. The van der Waals surface area contributed by atoms with Crippen LogP contribution in [0, 0.1) is 0 Å². The molecule has 7 nitrogen and oxygen atoms in total. The molecule has 4 rings (SSSR count). The second kappa shape index (κ2) is 9.12. The lowest BCUT2D eigenvalue weighted by Crippen LogP contribution is -2.23. The lowest BCUT2D eigenvalue weighted by Gasteiger charge is -2.12. The maximum atomic E-state index is 12.6. The van der Waals surface area contributed by atoms with Crippen LogP contribution in [0.2, 0.25) is 0 Å². The Morgan fingerprint density at radius 3 is 2.71 bits per heavy atom. The molecule has 1 aliphatic heterocycles. The fourth-order valence-corrected chi connectivity index (χ4v) is 3.57. The van der Waals surface area contributed by atoms with Crippen molar-refractivity contribution in [2.45, 2.75) is 39.8 Å². The molecule has 1 N–H and O–H groups in total. The average molecular weight is 422 g/mol. The molecular weight excluding hydrogens is 396 g/mol. The highest BCUT2D eigenvalue weighted by molar-refractivity contribution is 5.94. The van der Waals surface area contributed by atoms with E-state index in [4.69, 9.17) is 18.7 Å². The van der Waals surface area contributed by atoms with Gasteiger partial charge < -0.3 is 24.1 Å². The molecular formula is C24H26N2O5. The first-order valence-electron chi connectivity index (χ1n) is 10.5. The van der Waals surface area contributed by atoms with Crippen molar-refractivity contribution >= 4 is 5.91 Å². The molecule has 0 fully saturated rings. The molecule has 7 heteroatoms. The summed E-state index contributed by atoms with van der Waals surface area (Å²) < 4.78 is 22.4. The van der Waals surface area contributed by atoms with Gasteiger partial charge in [-0.2, -0.15) is 0 Å². The molecule has 1 atom stereocenters. The number of carbonyl (C=O) groups is 1. The van der Waals surface area contributed by atoms with Gasteiger partial charge in [0.2, 0.25) is 0 Å². The molecule has 162 valence electrons. The van der Waals surface area contributed by atoms with E-state index in [2.05, 4.69) is 23.5 Å². The highest BCUT2D eigenvalue weighted by Crippen LogP contribution is 2.33. The summed E-state index contributed by atoms with van der Waals surface area (Å²) in [6.07, 6.45) is 1.07. The molecule has 2 aromatic carbocycles. The van der Waals surface area contributed by atoms with Gasteiger partial charge in [-0.1, -0.05) is 5.16 Å². The van der Waals surface area contributed by atoms with Crippen LogP contribution in [0.4, 0.5) is 0 Å². The fourth-order valence-electron chi connectivity index (χ4n) is 3.57. The lowest BCUT2D eigenvalue weighted by atomic mass is 10.1. The van der Waals surface area contributed by atoms with E-state index in [0.717, 1.165) is 23.3 Å². The molecule has 0 bridgehead atoms. The fraction of sp³-hybridized carbons (Fsp3) is 0.333. The molecule has 1 aliphatic rings. The third-order valence-electron chi connectivity index (χ3n) is 4.98.